The van der Waals surface area contributed by atoms with Gasteiger partial charge in [0.1, 0.15) is 0 Å². The van der Waals surface area contributed by atoms with Gasteiger partial charge in [-0.2, -0.15) is 0 Å². The summed E-state index contributed by atoms with van der Waals surface area (Å²) in [5, 5.41) is 0. The lowest BCUT2D eigenvalue weighted by Crippen LogP contribution is -2.36. The first-order valence-electron chi connectivity index (χ1n) is 8.32. The van der Waals surface area contributed by atoms with Crippen LogP contribution in [0.25, 0.3) is 0 Å². The van der Waals surface area contributed by atoms with Gasteiger partial charge in [-0.05, 0) is 49.6 Å². The van der Waals surface area contributed by atoms with Gasteiger partial charge in [0, 0.05) is 24.5 Å². The molecule has 0 aromatic heterocycles. The number of benzene rings is 1. The van der Waals surface area contributed by atoms with Crippen LogP contribution in [0.5, 0.6) is 0 Å². The molecule has 0 saturated carbocycles. The predicted octanol–water partition coefficient (Wildman–Crippen LogP) is 2.97. The third-order valence-electron chi connectivity index (χ3n) is 4.04. The van der Waals surface area contributed by atoms with Crippen LogP contribution >= 0.6 is 11.8 Å². The number of nitrogens with zero attached hydrogens (tertiary/aromatic N) is 1. The predicted molar refractivity (Wildman–Crippen MR) is 98.0 cm³/mol. The Balaban J connectivity index is 2.31. The Kier molecular flexibility index (Phi) is 6.71. The summed E-state index contributed by atoms with van der Waals surface area (Å²) in [4.78, 5) is 15.6. The van der Waals surface area contributed by atoms with Crippen LogP contribution in [-0.2, 0) is 10.0 Å². The van der Waals surface area contributed by atoms with Crippen LogP contribution in [-0.4, -0.2) is 45.1 Å². The van der Waals surface area contributed by atoms with E-state index >= 15 is 0 Å². The van der Waals surface area contributed by atoms with E-state index < -0.39 is 10.0 Å². The number of likely N-dealkylation sites (tertiary alicyclic amines) is 1. The van der Waals surface area contributed by atoms with E-state index in [0.29, 0.717) is 12.1 Å². The minimum Gasteiger partial charge on any atom is -0.339 e. The number of carbonyl (C=O) groups is 1. The number of carbonyl (C=O) groups excluding carboxylic acids is 1. The highest BCUT2D eigenvalue weighted by atomic mass is 32.2. The smallest absolute Gasteiger partial charge is 0.255 e. The van der Waals surface area contributed by atoms with Gasteiger partial charge in [-0.3, -0.25) is 4.79 Å². The van der Waals surface area contributed by atoms with Crippen LogP contribution in [0.2, 0.25) is 0 Å². The number of sulfonamides is 1. The SMILES string of the molecule is CSc1ccc(S(=O)(=O)NCC(C)C)cc1C(=O)N1CCCCC1. The zero-order valence-electron chi connectivity index (χ0n) is 14.5. The molecule has 7 heteroatoms. The van der Waals surface area contributed by atoms with Crippen molar-refractivity contribution in [2.45, 2.75) is 42.9 Å². The maximum absolute atomic E-state index is 12.8. The zero-order chi connectivity index (χ0) is 17.7. The molecular formula is C17H26N2O3S2. The van der Waals surface area contributed by atoms with Crippen molar-refractivity contribution in [2.24, 2.45) is 5.92 Å². The Morgan fingerprint density at radius 1 is 1.25 bits per heavy atom. The molecule has 1 heterocycles. The molecule has 0 aliphatic carbocycles. The monoisotopic (exact) mass is 370 g/mol. The molecule has 1 aromatic carbocycles. The van der Waals surface area contributed by atoms with E-state index in [-0.39, 0.29) is 16.7 Å². The van der Waals surface area contributed by atoms with Crippen LogP contribution in [0, 0.1) is 5.92 Å². The number of hydrogen-bond donors (Lipinski definition) is 1. The Labute approximate surface area is 149 Å². The van der Waals surface area contributed by atoms with E-state index in [0.717, 1.165) is 37.2 Å². The number of nitrogens with one attached hydrogen (secondary N) is 1. The van der Waals surface area contributed by atoms with Gasteiger partial charge in [-0.1, -0.05) is 13.8 Å². The lowest BCUT2D eigenvalue weighted by Gasteiger charge is -2.27. The van der Waals surface area contributed by atoms with Crippen molar-refractivity contribution in [3.05, 3.63) is 23.8 Å². The molecule has 0 bridgehead atoms. The quantitative estimate of drug-likeness (QED) is 0.782. The molecule has 1 saturated heterocycles. The van der Waals surface area contributed by atoms with E-state index in [2.05, 4.69) is 4.72 Å². The number of amides is 1. The fourth-order valence-electron chi connectivity index (χ4n) is 2.65. The summed E-state index contributed by atoms with van der Waals surface area (Å²) in [6, 6.07) is 4.82. The third-order valence-corrected chi connectivity index (χ3v) is 6.25. The molecule has 0 unspecified atom stereocenters. The summed E-state index contributed by atoms with van der Waals surface area (Å²) >= 11 is 1.46. The lowest BCUT2D eigenvalue weighted by atomic mass is 10.1. The topological polar surface area (TPSA) is 66.5 Å². The molecule has 1 fully saturated rings. The van der Waals surface area contributed by atoms with Gasteiger partial charge in [-0.25, -0.2) is 13.1 Å². The Bertz CT molecular complexity index is 681. The average Bonchev–Trinajstić information content (AvgIpc) is 2.59. The van der Waals surface area contributed by atoms with Crippen LogP contribution in [0.15, 0.2) is 28.0 Å². The van der Waals surface area contributed by atoms with Gasteiger partial charge in [-0.15, -0.1) is 11.8 Å². The van der Waals surface area contributed by atoms with Crippen molar-refractivity contribution in [1.29, 1.82) is 0 Å². The van der Waals surface area contributed by atoms with E-state index in [4.69, 9.17) is 0 Å². The summed E-state index contributed by atoms with van der Waals surface area (Å²) in [5.41, 5.74) is 0.483. The zero-order valence-corrected chi connectivity index (χ0v) is 16.2. The van der Waals surface area contributed by atoms with Crippen molar-refractivity contribution in [2.75, 3.05) is 25.9 Å². The second kappa shape index (κ2) is 8.36. The summed E-state index contributed by atoms with van der Waals surface area (Å²) in [6.45, 7) is 5.77. The van der Waals surface area contributed by atoms with Crippen molar-refractivity contribution in [1.82, 2.24) is 9.62 Å². The van der Waals surface area contributed by atoms with Crippen molar-refractivity contribution in [3.63, 3.8) is 0 Å². The standard InChI is InChI=1S/C17H26N2O3S2/c1-13(2)12-18-24(21,22)14-7-8-16(23-3)15(11-14)17(20)19-9-5-4-6-10-19/h7-8,11,13,18H,4-6,9-10,12H2,1-3H3. The Morgan fingerprint density at radius 3 is 2.50 bits per heavy atom. The molecular weight excluding hydrogens is 344 g/mol. The molecule has 1 aromatic rings. The Hall–Kier alpha value is -1.05. The first-order chi connectivity index (χ1) is 11.3. The highest BCUT2D eigenvalue weighted by molar-refractivity contribution is 7.98. The van der Waals surface area contributed by atoms with E-state index in [1.54, 1.807) is 12.1 Å². The van der Waals surface area contributed by atoms with Crippen LogP contribution in [0.4, 0.5) is 0 Å². The summed E-state index contributed by atoms with van der Waals surface area (Å²) in [5.74, 6) is 0.152. The van der Waals surface area contributed by atoms with E-state index in [9.17, 15) is 13.2 Å². The molecule has 1 aliphatic rings. The summed E-state index contributed by atoms with van der Waals surface area (Å²) in [7, 11) is -3.60. The normalized spacial score (nSPS) is 15.8. The molecule has 5 nitrogen and oxygen atoms in total. The highest BCUT2D eigenvalue weighted by Gasteiger charge is 2.23. The maximum atomic E-state index is 12.8. The summed E-state index contributed by atoms with van der Waals surface area (Å²) < 4.78 is 27.5. The van der Waals surface area contributed by atoms with Crippen molar-refractivity contribution in [3.8, 4) is 0 Å². The van der Waals surface area contributed by atoms with Gasteiger partial charge in [0.15, 0.2) is 0 Å². The van der Waals surface area contributed by atoms with Crippen LogP contribution in [0.3, 0.4) is 0 Å². The second-order valence-electron chi connectivity index (χ2n) is 6.46. The van der Waals surface area contributed by atoms with Gasteiger partial charge >= 0.3 is 0 Å². The molecule has 2 rings (SSSR count). The minimum atomic E-state index is -3.60. The largest absolute Gasteiger partial charge is 0.339 e. The maximum Gasteiger partial charge on any atom is 0.255 e. The minimum absolute atomic E-state index is 0.0695. The molecule has 1 N–H and O–H groups in total. The lowest BCUT2D eigenvalue weighted by molar-refractivity contribution is 0.0720. The van der Waals surface area contributed by atoms with Crippen LogP contribution in [0.1, 0.15) is 43.5 Å². The van der Waals surface area contributed by atoms with Gasteiger partial charge < -0.3 is 4.90 Å². The first kappa shape index (κ1) is 19.3. The average molecular weight is 371 g/mol. The number of rotatable bonds is 6. The molecule has 0 radical (unpaired) electrons. The molecule has 1 aliphatic heterocycles. The number of hydrogen-bond acceptors (Lipinski definition) is 4. The Morgan fingerprint density at radius 2 is 1.92 bits per heavy atom. The highest BCUT2D eigenvalue weighted by Crippen LogP contribution is 2.26. The fraction of sp³-hybridized carbons (Fsp3) is 0.588. The van der Waals surface area contributed by atoms with Gasteiger partial charge in [0.05, 0.1) is 10.5 Å². The molecule has 0 atom stereocenters. The molecule has 24 heavy (non-hydrogen) atoms. The first-order valence-corrected chi connectivity index (χ1v) is 11.0. The van der Waals surface area contributed by atoms with Gasteiger partial charge in [0.25, 0.3) is 5.91 Å². The number of piperidine rings is 1. The molecule has 134 valence electrons. The molecule has 1 amide bonds. The van der Waals surface area contributed by atoms with Crippen molar-refractivity contribution < 1.29 is 13.2 Å². The fourth-order valence-corrected chi connectivity index (χ4v) is 4.46. The van der Waals surface area contributed by atoms with E-state index in [1.165, 1.54) is 17.8 Å². The third kappa shape index (κ3) is 4.74. The molecule has 0 spiro atoms. The second-order valence-corrected chi connectivity index (χ2v) is 9.08. The number of thioether (sulfide) groups is 1. The van der Waals surface area contributed by atoms with Gasteiger partial charge in [0.2, 0.25) is 10.0 Å². The van der Waals surface area contributed by atoms with Crippen LogP contribution < -0.4 is 4.72 Å². The van der Waals surface area contributed by atoms with E-state index in [1.807, 2.05) is 25.0 Å². The van der Waals surface area contributed by atoms with Crippen molar-refractivity contribution >= 4 is 27.7 Å². The summed E-state index contributed by atoms with van der Waals surface area (Å²) in [6.07, 6.45) is 5.06.